The molecular formula is C20H25N3O4. The Kier molecular flexibility index (Phi) is 4.63. The second-order valence-corrected chi connectivity index (χ2v) is 7.90. The van der Waals surface area contributed by atoms with Crippen LogP contribution in [0.5, 0.6) is 0 Å². The molecule has 1 saturated carbocycles. The lowest BCUT2D eigenvalue weighted by molar-refractivity contribution is -0.144. The quantitative estimate of drug-likeness (QED) is 0.729. The summed E-state index contributed by atoms with van der Waals surface area (Å²) in [5.41, 5.74) is 0.205. The number of aliphatic hydroxyl groups is 1. The summed E-state index contributed by atoms with van der Waals surface area (Å²) in [4.78, 5) is 39.4. The van der Waals surface area contributed by atoms with Gasteiger partial charge in [0.1, 0.15) is 6.04 Å². The van der Waals surface area contributed by atoms with Crippen molar-refractivity contribution in [1.82, 2.24) is 10.2 Å². The molecule has 4 rings (SSSR count). The summed E-state index contributed by atoms with van der Waals surface area (Å²) < 4.78 is 0. The molecule has 3 aliphatic rings. The summed E-state index contributed by atoms with van der Waals surface area (Å²) >= 11 is 0. The summed E-state index contributed by atoms with van der Waals surface area (Å²) in [5.74, 6) is -0.797. The summed E-state index contributed by atoms with van der Waals surface area (Å²) in [7, 11) is 0. The van der Waals surface area contributed by atoms with Crippen molar-refractivity contribution in [3.8, 4) is 0 Å². The van der Waals surface area contributed by atoms with Gasteiger partial charge in [-0.25, -0.2) is 0 Å². The molecule has 0 unspecified atom stereocenters. The first kappa shape index (κ1) is 18.0. The molecule has 0 spiro atoms. The van der Waals surface area contributed by atoms with Gasteiger partial charge in [-0.2, -0.15) is 0 Å². The Morgan fingerprint density at radius 2 is 2.04 bits per heavy atom. The summed E-state index contributed by atoms with van der Waals surface area (Å²) in [5, 5.41) is 16.2. The van der Waals surface area contributed by atoms with Crippen LogP contribution in [0.2, 0.25) is 0 Å². The van der Waals surface area contributed by atoms with Crippen LogP contribution in [-0.4, -0.2) is 52.5 Å². The first-order chi connectivity index (χ1) is 13.0. The first-order valence-corrected chi connectivity index (χ1v) is 9.67. The van der Waals surface area contributed by atoms with Crippen LogP contribution in [-0.2, 0) is 9.59 Å². The summed E-state index contributed by atoms with van der Waals surface area (Å²) in [6.45, 7) is 1.02. The van der Waals surface area contributed by atoms with Gasteiger partial charge in [-0.15, -0.1) is 0 Å². The number of likely N-dealkylation sites (tertiary alicyclic amines) is 1. The van der Waals surface area contributed by atoms with Crippen LogP contribution in [0.15, 0.2) is 24.3 Å². The third kappa shape index (κ3) is 3.43. The average molecular weight is 371 g/mol. The van der Waals surface area contributed by atoms with Gasteiger partial charge in [-0.1, -0.05) is 25.0 Å². The third-order valence-corrected chi connectivity index (χ3v) is 6.21. The summed E-state index contributed by atoms with van der Waals surface area (Å²) in [6, 6.07) is 5.89. The van der Waals surface area contributed by atoms with E-state index >= 15 is 0 Å². The third-order valence-electron chi connectivity index (χ3n) is 6.21. The molecule has 3 amide bonds. The van der Waals surface area contributed by atoms with Crippen molar-refractivity contribution in [2.24, 2.45) is 5.92 Å². The van der Waals surface area contributed by atoms with Gasteiger partial charge in [0.2, 0.25) is 11.8 Å². The van der Waals surface area contributed by atoms with Crippen molar-refractivity contribution in [2.45, 2.75) is 50.2 Å². The first-order valence-electron chi connectivity index (χ1n) is 9.67. The number of nitrogens with zero attached hydrogens (tertiary/aromatic N) is 1. The van der Waals surface area contributed by atoms with E-state index in [1.165, 1.54) is 0 Å². The van der Waals surface area contributed by atoms with Crippen molar-refractivity contribution in [3.63, 3.8) is 0 Å². The predicted molar refractivity (Wildman–Crippen MR) is 99.0 cm³/mol. The minimum absolute atomic E-state index is 0.0727. The minimum atomic E-state index is -0.899. The van der Waals surface area contributed by atoms with Gasteiger partial charge >= 0.3 is 0 Å². The lowest BCUT2D eigenvalue weighted by Gasteiger charge is -2.47. The van der Waals surface area contributed by atoms with Crippen LogP contribution >= 0.6 is 0 Å². The zero-order valence-corrected chi connectivity index (χ0v) is 15.2. The molecule has 2 heterocycles. The highest BCUT2D eigenvalue weighted by molar-refractivity contribution is 6.10. The maximum Gasteiger partial charge on any atom is 0.254 e. The molecule has 144 valence electrons. The maximum absolute atomic E-state index is 12.8. The standard InChI is InChI=1S/C20H25N3O4/c24-17(23-10-9-20(27)8-4-3-5-13(20)12-23)11-16-19(26)21-15-7-2-1-6-14(15)18(25)22-16/h1-2,6-7,13,16,27H,3-5,8-12H2,(H,21,26)(H,22,25)/t13-,16+,20+/m1/s1. The number of para-hydroxylation sites is 1. The van der Waals surface area contributed by atoms with Crippen molar-refractivity contribution in [2.75, 3.05) is 18.4 Å². The van der Waals surface area contributed by atoms with E-state index in [4.69, 9.17) is 0 Å². The van der Waals surface area contributed by atoms with Gasteiger partial charge in [0.05, 0.1) is 23.3 Å². The highest BCUT2D eigenvalue weighted by Crippen LogP contribution is 2.39. The number of hydrogen-bond acceptors (Lipinski definition) is 4. The Morgan fingerprint density at radius 3 is 2.89 bits per heavy atom. The zero-order chi connectivity index (χ0) is 19.0. The van der Waals surface area contributed by atoms with Crippen LogP contribution in [0, 0.1) is 5.92 Å². The van der Waals surface area contributed by atoms with Crippen LogP contribution in [0.25, 0.3) is 0 Å². The lowest BCUT2D eigenvalue weighted by atomic mass is 9.71. The number of carbonyl (C=O) groups excluding carboxylic acids is 3. The fourth-order valence-corrected chi connectivity index (χ4v) is 4.56. The van der Waals surface area contributed by atoms with Gasteiger partial charge < -0.3 is 20.6 Å². The predicted octanol–water partition coefficient (Wildman–Crippen LogP) is 1.28. The van der Waals surface area contributed by atoms with E-state index in [9.17, 15) is 19.5 Å². The molecule has 0 bridgehead atoms. The monoisotopic (exact) mass is 371 g/mol. The number of amides is 3. The molecule has 2 aliphatic heterocycles. The second kappa shape index (κ2) is 6.96. The molecule has 0 radical (unpaired) electrons. The fourth-order valence-electron chi connectivity index (χ4n) is 4.56. The Balaban J connectivity index is 1.43. The van der Waals surface area contributed by atoms with Crippen LogP contribution in [0.4, 0.5) is 5.69 Å². The molecule has 0 aromatic heterocycles. The molecule has 1 aromatic rings. The second-order valence-electron chi connectivity index (χ2n) is 7.90. The molecule has 3 atom stereocenters. The van der Waals surface area contributed by atoms with Gasteiger partial charge in [-0.05, 0) is 31.4 Å². The van der Waals surface area contributed by atoms with E-state index in [-0.39, 0.29) is 30.1 Å². The Bertz CT molecular complexity index is 780. The highest BCUT2D eigenvalue weighted by atomic mass is 16.3. The molecule has 7 nitrogen and oxygen atoms in total. The number of anilines is 1. The van der Waals surface area contributed by atoms with Gasteiger partial charge in [0, 0.05) is 19.0 Å². The smallest absolute Gasteiger partial charge is 0.254 e. The Labute approximate surface area is 158 Å². The number of carbonyl (C=O) groups is 3. The number of nitrogens with one attached hydrogen (secondary N) is 2. The Hall–Kier alpha value is -2.41. The van der Waals surface area contributed by atoms with Crippen molar-refractivity contribution in [1.29, 1.82) is 0 Å². The zero-order valence-electron chi connectivity index (χ0n) is 15.2. The number of benzene rings is 1. The largest absolute Gasteiger partial charge is 0.389 e. The maximum atomic E-state index is 12.8. The van der Waals surface area contributed by atoms with Crippen LogP contribution in [0.3, 0.4) is 0 Å². The normalized spacial score (nSPS) is 30.5. The molecule has 27 heavy (non-hydrogen) atoms. The van der Waals surface area contributed by atoms with Crippen molar-refractivity contribution < 1.29 is 19.5 Å². The van der Waals surface area contributed by atoms with E-state index in [0.29, 0.717) is 30.8 Å². The van der Waals surface area contributed by atoms with Crippen molar-refractivity contribution >= 4 is 23.4 Å². The van der Waals surface area contributed by atoms with Gasteiger partial charge in [0.15, 0.2) is 0 Å². The molecule has 2 fully saturated rings. The average Bonchev–Trinajstić information content (AvgIpc) is 2.77. The minimum Gasteiger partial charge on any atom is -0.389 e. The lowest BCUT2D eigenvalue weighted by Crippen LogP contribution is -2.55. The van der Waals surface area contributed by atoms with Crippen LogP contribution < -0.4 is 10.6 Å². The fraction of sp³-hybridized carbons (Fsp3) is 0.550. The molecule has 1 aliphatic carbocycles. The van der Waals surface area contributed by atoms with E-state index < -0.39 is 11.6 Å². The van der Waals surface area contributed by atoms with Gasteiger partial charge in [0.25, 0.3) is 5.91 Å². The topological polar surface area (TPSA) is 98.7 Å². The van der Waals surface area contributed by atoms with Crippen molar-refractivity contribution in [3.05, 3.63) is 29.8 Å². The van der Waals surface area contributed by atoms with E-state index in [0.717, 1.165) is 25.7 Å². The molecule has 1 aromatic carbocycles. The van der Waals surface area contributed by atoms with E-state index in [2.05, 4.69) is 10.6 Å². The van der Waals surface area contributed by atoms with E-state index in [1.807, 2.05) is 0 Å². The summed E-state index contributed by atoms with van der Waals surface area (Å²) in [6.07, 6.45) is 4.36. The number of fused-ring (bicyclic) bond motifs is 2. The van der Waals surface area contributed by atoms with Gasteiger partial charge in [-0.3, -0.25) is 14.4 Å². The molecule has 7 heteroatoms. The molecule has 3 N–H and O–H groups in total. The van der Waals surface area contributed by atoms with Crippen LogP contribution in [0.1, 0.15) is 48.9 Å². The molecule has 1 saturated heterocycles. The number of hydrogen-bond donors (Lipinski definition) is 3. The number of piperidine rings is 1. The molecular weight excluding hydrogens is 346 g/mol. The SMILES string of the molecule is O=C1N[C@@H](CC(=O)N2CC[C@@]3(O)CCCC[C@@H]3C2)C(=O)Nc2ccccc21. The Morgan fingerprint density at radius 1 is 1.22 bits per heavy atom. The van der Waals surface area contributed by atoms with E-state index in [1.54, 1.807) is 29.2 Å². The highest BCUT2D eigenvalue weighted by Gasteiger charge is 2.44. The number of rotatable bonds is 2.